The SMILES string of the molecule is Cc1ccc(CNC(=O)CSc2nc3cc(C)[nH]c3c(=O)n2C(C)C)cc1. The van der Waals surface area contributed by atoms with Crippen LogP contribution in [0.5, 0.6) is 0 Å². The topological polar surface area (TPSA) is 79.8 Å². The molecule has 6 nitrogen and oxygen atoms in total. The maximum Gasteiger partial charge on any atom is 0.278 e. The average Bonchev–Trinajstić information content (AvgIpc) is 3.00. The number of fused-ring (bicyclic) bond motifs is 1. The number of rotatable bonds is 6. The number of carbonyl (C=O) groups is 1. The molecule has 0 radical (unpaired) electrons. The highest BCUT2D eigenvalue weighted by Crippen LogP contribution is 2.21. The van der Waals surface area contributed by atoms with Crippen molar-refractivity contribution in [2.75, 3.05) is 5.75 Å². The largest absolute Gasteiger partial charge is 0.353 e. The molecule has 0 unspecified atom stereocenters. The standard InChI is InChI=1S/C20H24N4O2S/c1-12(2)24-19(26)18-16(9-14(4)22-18)23-20(24)27-11-17(25)21-10-15-7-5-13(3)6-8-15/h5-9,12,22H,10-11H2,1-4H3,(H,21,25). The fourth-order valence-electron chi connectivity index (χ4n) is 2.83. The molecule has 0 saturated carbocycles. The van der Waals surface area contributed by atoms with Crippen LogP contribution in [0.3, 0.4) is 0 Å². The summed E-state index contributed by atoms with van der Waals surface area (Å²) in [6.07, 6.45) is 0. The maximum atomic E-state index is 12.8. The molecule has 0 aliphatic heterocycles. The van der Waals surface area contributed by atoms with E-state index in [1.54, 1.807) is 4.57 Å². The number of nitrogens with one attached hydrogen (secondary N) is 2. The van der Waals surface area contributed by atoms with Gasteiger partial charge in [0.2, 0.25) is 5.91 Å². The number of carbonyl (C=O) groups excluding carboxylic acids is 1. The van der Waals surface area contributed by atoms with Crippen molar-refractivity contribution in [3.05, 3.63) is 57.5 Å². The van der Waals surface area contributed by atoms with Crippen molar-refractivity contribution < 1.29 is 4.79 Å². The zero-order valence-corrected chi connectivity index (χ0v) is 16.8. The third-order valence-electron chi connectivity index (χ3n) is 4.25. The molecule has 142 valence electrons. The normalized spacial score (nSPS) is 11.3. The van der Waals surface area contributed by atoms with E-state index in [2.05, 4.69) is 15.3 Å². The van der Waals surface area contributed by atoms with Gasteiger partial charge in [0.25, 0.3) is 5.56 Å². The smallest absolute Gasteiger partial charge is 0.278 e. The molecule has 0 spiro atoms. The van der Waals surface area contributed by atoms with Crippen molar-refractivity contribution in [2.45, 2.75) is 45.4 Å². The van der Waals surface area contributed by atoms with Crippen LogP contribution in [0.25, 0.3) is 11.0 Å². The van der Waals surface area contributed by atoms with Crippen molar-refractivity contribution in [3.8, 4) is 0 Å². The Labute approximate surface area is 162 Å². The van der Waals surface area contributed by atoms with Crippen LogP contribution < -0.4 is 10.9 Å². The number of nitrogens with zero attached hydrogens (tertiary/aromatic N) is 2. The summed E-state index contributed by atoms with van der Waals surface area (Å²) in [5.74, 6) is 0.121. The Hall–Kier alpha value is -2.54. The van der Waals surface area contributed by atoms with Crippen molar-refractivity contribution in [1.82, 2.24) is 19.9 Å². The molecule has 1 amide bonds. The minimum atomic E-state index is -0.106. The van der Waals surface area contributed by atoms with Gasteiger partial charge in [-0.3, -0.25) is 14.2 Å². The molecule has 0 bridgehead atoms. The van der Waals surface area contributed by atoms with Crippen molar-refractivity contribution in [2.24, 2.45) is 0 Å². The van der Waals surface area contributed by atoms with Crippen LogP contribution in [0.15, 0.2) is 40.3 Å². The Morgan fingerprint density at radius 2 is 1.96 bits per heavy atom. The molecule has 0 aliphatic carbocycles. The lowest BCUT2D eigenvalue weighted by Crippen LogP contribution is -2.27. The molecule has 0 atom stereocenters. The van der Waals surface area contributed by atoms with Crippen LogP contribution in [0.4, 0.5) is 0 Å². The second kappa shape index (κ2) is 8.00. The fourth-order valence-corrected chi connectivity index (χ4v) is 3.79. The summed E-state index contributed by atoms with van der Waals surface area (Å²) in [6.45, 7) is 8.29. The molecule has 3 rings (SSSR count). The van der Waals surface area contributed by atoms with E-state index in [0.717, 1.165) is 11.3 Å². The van der Waals surface area contributed by atoms with Crippen LogP contribution in [0.2, 0.25) is 0 Å². The van der Waals surface area contributed by atoms with E-state index >= 15 is 0 Å². The van der Waals surface area contributed by atoms with Gasteiger partial charge in [0.05, 0.1) is 11.3 Å². The zero-order chi connectivity index (χ0) is 19.6. The lowest BCUT2D eigenvalue weighted by Gasteiger charge is -2.15. The quantitative estimate of drug-likeness (QED) is 0.505. The van der Waals surface area contributed by atoms with Gasteiger partial charge >= 0.3 is 0 Å². The van der Waals surface area contributed by atoms with E-state index in [9.17, 15) is 9.59 Å². The van der Waals surface area contributed by atoms with Gasteiger partial charge in [-0.15, -0.1) is 0 Å². The second-order valence-corrected chi connectivity index (χ2v) is 7.87. The van der Waals surface area contributed by atoms with Gasteiger partial charge in [0.15, 0.2) is 5.16 Å². The molecular formula is C20H24N4O2S. The van der Waals surface area contributed by atoms with Crippen molar-refractivity contribution in [1.29, 1.82) is 0 Å². The van der Waals surface area contributed by atoms with Gasteiger partial charge in [-0.2, -0.15) is 0 Å². The predicted molar refractivity (Wildman–Crippen MR) is 109 cm³/mol. The van der Waals surface area contributed by atoms with Gasteiger partial charge in [-0.25, -0.2) is 4.98 Å². The van der Waals surface area contributed by atoms with Crippen LogP contribution in [0, 0.1) is 13.8 Å². The number of hydrogen-bond donors (Lipinski definition) is 2. The number of aryl methyl sites for hydroxylation is 2. The Bertz CT molecular complexity index is 1020. The molecule has 27 heavy (non-hydrogen) atoms. The Morgan fingerprint density at radius 3 is 2.63 bits per heavy atom. The zero-order valence-electron chi connectivity index (χ0n) is 16.0. The van der Waals surface area contributed by atoms with Gasteiger partial charge in [0.1, 0.15) is 5.52 Å². The molecule has 0 fully saturated rings. The number of hydrogen-bond acceptors (Lipinski definition) is 4. The summed E-state index contributed by atoms with van der Waals surface area (Å²) in [5, 5.41) is 3.47. The first-order chi connectivity index (χ1) is 12.8. The molecule has 0 saturated heterocycles. The van der Waals surface area contributed by atoms with Gasteiger partial charge in [0, 0.05) is 18.3 Å². The summed E-state index contributed by atoms with van der Waals surface area (Å²) < 4.78 is 1.64. The fraction of sp³-hybridized carbons (Fsp3) is 0.350. The van der Waals surface area contributed by atoms with Crippen molar-refractivity contribution >= 4 is 28.7 Å². The molecule has 3 aromatic rings. The third kappa shape index (κ3) is 4.42. The lowest BCUT2D eigenvalue weighted by atomic mass is 10.1. The monoisotopic (exact) mass is 384 g/mol. The van der Waals surface area contributed by atoms with Gasteiger partial charge in [-0.05, 0) is 39.3 Å². The molecule has 2 N–H and O–H groups in total. The number of thioether (sulfide) groups is 1. The van der Waals surface area contributed by atoms with E-state index in [1.165, 1.54) is 17.3 Å². The first-order valence-corrected chi connectivity index (χ1v) is 9.90. The minimum absolute atomic E-state index is 0.0453. The van der Waals surface area contributed by atoms with Crippen LogP contribution in [-0.2, 0) is 11.3 Å². The lowest BCUT2D eigenvalue weighted by molar-refractivity contribution is -0.118. The van der Waals surface area contributed by atoms with E-state index in [0.29, 0.717) is 22.7 Å². The molecular weight excluding hydrogens is 360 g/mol. The van der Waals surface area contributed by atoms with Gasteiger partial charge < -0.3 is 10.3 Å². The molecule has 1 aromatic carbocycles. The Morgan fingerprint density at radius 1 is 1.26 bits per heavy atom. The highest BCUT2D eigenvalue weighted by Gasteiger charge is 2.16. The summed E-state index contributed by atoms with van der Waals surface area (Å²) in [6, 6.07) is 9.86. The minimum Gasteiger partial charge on any atom is -0.353 e. The third-order valence-corrected chi connectivity index (χ3v) is 5.20. The number of amides is 1. The summed E-state index contributed by atoms with van der Waals surface area (Å²) >= 11 is 1.29. The number of benzene rings is 1. The van der Waals surface area contributed by atoms with E-state index < -0.39 is 0 Å². The number of aromatic amines is 1. The van der Waals surface area contributed by atoms with E-state index in [-0.39, 0.29) is 23.3 Å². The average molecular weight is 385 g/mol. The van der Waals surface area contributed by atoms with Crippen LogP contribution in [0.1, 0.15) is 36.7 Å². The van der Waals surface area contributed by atoms with Crippen LogP contribution in [-0.4, -0.2) is 26.2 Å². The number of H-pyrrole nitrogens is 1. The van der Waals surface area contributed by atoms with Crippen molar-refractivity contribution in [3.63, 3.8) is 0 Å². The first-order valence-electron chi connectivity index (χ1n) is 8.92. The molecule has 0 aliphatic rings. The van der Waals surface area contributed by atoms with E-state index in [1.807, 2.05) is 58.0 Å². The van der Waals surface area contributed by atoms with E-state index in [4.69, 9.17) is 0 Å². The van der Waals surface area contributed by atoms with Crippen LogP contribution >= 0.6 is 11.8 Å². The molecule has 7 heteroatoms. The number of aromatic nitrogens is 3. The first kappa shape index (κ1) is 19.2. The summed E-state index contributed by atoms with van der Waals surface area (Å²) in [5.41, 5.74) is 4.18. The maximum absolute atomic E-state index is 12.8. The predicted octanol–water partition coefficient (Wildman–Crippen LogP) is 3.33. The molecule has 2 heterocycles. The van der Waals surface area contributed by atoms with Gasteiger partial charge in [-0.1, -0.05) is 41.6 Å². The Balaban J connectivity index is 1.72. The second-order valence-electron chi connectivity index (χ2n) is 6.93. The summed E-state index contributed by atoms with van der Waals surface area (Å²) in [7, 11) is 0. The highest BCUT2D eigenvalue weighted by molar-refractivity contribution is 7.99. The Kier molecular flexibility index (Phi) is 5.70. The molecule has 2 aromatic heterocycles. The highest BCUT2D eigenvalue weighted by atomic mass is 32.2. The summed E-state index contributed by atoms with van der Waals surface area (Å²) in [4.78, 5) is 32.7.